The van der Waals surface area contributed by atoms with Gasteiger partial charge in [-0.1, -0.05) is 39.5 Å². The lowest BCUT2D eigenvalue weighted by Crippen LogP contribution is -2.74. The van der Waals surface area contributed by atoms with Crippen molar-refractivity contribution in [3.8, 4) is 5.75 Å². The number of ketones is 4. The van der Waals surface area contributed by atoms with Gasteiger partial charge < -0.3 is 35.6 Å². The van der Waals surface area contributed by atoms with Crippen LogP contribution in [0.25, 0.3) is 0 Å². The highest BCUT2D eigenvalue weighted by Crippen LogP contribution is 2.52. The molecule has 302 valence electrons. The van der Waals surface area contributed by atoms with E-state index >= 15 is 0 Å². The Kier molecular flexibility index (Phi) is 13.8. The fraction of sp³-hybridized carbons (Fsp3) is 0.632. The maximum Gasteiger partial charge on any atom is 0.413 e. The van der Waals surface area contributed by atoms with Gasteiger partial charge in [-0.3, -0.25) is 43.4 Å². The largest absolute Gasteiger partial charge is 0.505 e. The fourth-order valence-electron chi connectivity index (χ4n) is 8.10. The second-order valence-electron chi connectivity index (χ2n) is 15.0. The Labute approximate surface area is 319 Å². The van der Waals surface area contributed by atoms with Crippen molar-refractivity contribution >= 4 is 58.4 Å². The summed E-state index contributed by atoms with van der Waals surface area (Å²) in [6, 6.07) is 0.216. The van der Waals surface area contributed by atoms with Crippen molar-refractivity contribution in [2.75, 3.05) is 58.3 Å². The number of aliphatic hydroxyl groups is 1. The van der Waals surface area contributed by atoms with Gasteiger partial charge in [-0.2, -0.15) is 0 Å². The number of hydrogen-bond acceptors (Lipinski definition) is 14. The lowest BCUT2D eigenvalue weighted by atomic mass is 9.52. The molecule has 6 atom stereocenters. The summed E-state index contributed by atoms with van der Waals surface area (Å²) in [5.74, 6) is -13.4. The number of phenolic OH excluding ortho intramolecular Hbond substituents is 1. The first kappa shape index (κ1) is 42.8. The number of Topliss-reactive ketones (excluding diaryl/α,β-unsaturated/α-hetero) is 4. The summed E-state index contributed by atoms with van der Waals surface area (Å²) < 4.78 is 10.1. The highest BCUT2D eigenvalue weighted by atomic mass is 16.7. The number of carbonyl (C=O) groups is 8. The van der Waals surface area contributed by atoms with Gasteiger partial charge in [0.15, 0.2) is 34.7 Å². The summed E-state index contributed by atoms with van der Waals surface area (Å²) >= 11 is 0. The van der Waals surface area contributed by atoms with Gasteiger partial charge in [0.2, 0.25) is 18.6 Å². The first-order valence-corrected chi connectivity index (χ1v) is 18.7. The Hall–Kier alpha value is -4.90. The number of aromatic hydroxyl groups is 1. The molecule has 1 aromatic carbocycles. The van der Waals surface area contributed by atoms with Gasteiger partial charge in [-0.05, 0) is 57.3 Å². The molecule has 2 saturated carbocycles. The van der Waals surface area contributed by atoms with Gasteiger partial charge in [-0.25, -0.2) is 4.79 Å². The predicted molar refractivity (Wildman–Crippen MR) is 197 cm³/mol. The van der Waals surface area contributed by atoms with E-state index in [0.717, 1.165) is 24.2 Å². The average Bonchev–Trinajstić information content (AvgIpc) is 3.10. The molecule has 17 nitrogen and oxygen atoms in total. The van der Waals surface area contributed by atoms with Gasteiger partial charge in [0.05, 0.1) is 23.2 Å². The zero-order valence-corrected chi connectivity index (χ0v) is 32.3. The lowest BCUT2D eigenvalue weighted by molar-refractivity contribution is -0.181. The van der Waals surface area contributed by atoms with E-state index in [4.69, 9.17) is 15.2 Å². The number of fused-ring (bicyclic) bond motifs is 3. The van der Waals surface area contributed by atoms with Gasteiger partial charge in [0.25, 0.3) is 0 Å². The molecular formula is C38H53N5O12. The third-order valence-electron chi connectivity index (χ3n) is 10.8. The van der Waals surface area contributed by atoms with E-state index in [-0.39, 0.29) is 37.1 Å². The Balaban J connectivity index is 1.59. The van der Waals surface area contributed by atoms with E-state index < -0.39 is 101 Å². The van der Waals surface area contributed by atoms with Crippen LogP contribution in [0.3, 0.4) is 0 Å². The molecule has 55 heavy (non-hydrogen) atoms. The molecular weight excluding hydrogens is 718 g/mol. The molecule has 1 aromatic rings. The van der Waals surface area contributed by atoms with Crippen molar-refractivity contribution < 1.29 is 58.0 Å². The fourth-order valence-corrected chi connectivity index (χ4v) is 8.10. The van der Waals surface area contributed by atoms with Crippen LogP contribution in [0.4, 0.5) is 16.2 Å². The number of primary amides is 1. The molecule has 0 radical (unpaired) electrons. The van der Waals surface area contributed by atoms with Gasteiger partial charge in [0, 0.05) is 38.7 Å². The van der Waals surface area contributed by atoms with Crippen LogP contribution in [0.5, 0.6) is 5.75 Å². The van der Waals surface area contributed by atoms with Gasteiger partial charge in [0.1, 0.15) is 12.3 Å². The second-order valence-corrected chi connectivity index (χ2v) is 15.0. The van der Waals surface area contributed by atoms with E-state index in [2.05, 4.69) is 5.32 Å². The summed E-state index contributed by atoms with van der Waals surface area (Å²) in [5, 5.41) is 25.9. The van der Waals surface area contributed by atoms with Crippen molar-refractivity contribution in [2.24, 2.45) is 29.4 Å². The topological polar surface area (TPSA) is 243 Å². The normalized spacial score (nSPS) is 24.4. The van der Waals surface area contributed by atoms with Crippen LogP contribution in [0, 0.1) is 23.7 Å². The predicted octanol–water partition coefficient (Wildman–Crippen LogP) is 1.58. The number of amides is 3. The molecule has 3 aliphatic rings. The zero-order chi connectivity index (χ0) is 40.9. The number of hydrogen-bond donors (Lipinski definition) is 4. The first-order valence-electron chi connectivity index (χ1n) is 18.7. The molecule has 0 heterocycles. The number of unbranched alkanes of at least 4 members (excludes halogenated alkanes) is 4. The molecule has 0 spiro atoms. The number of benzene rings is 1. The highest BCUT2D eigenvalue weighted by molar-refractivity contribution is 6.32. The van der Waals surface area contributed by atoms with Crippen molar-refractivity contribution in [1.29, 1.82) is 0 Å². The number of rotatable bonds is 16. The Morgan fingerprint density at radius 1 is 0.964 bits per heavy atom. The number of anilines is 2. The van der Waals surface area contributed by atoms with Gasteiger partial charge in [-0.15, -0.1) is 0 Å². The number of esters is 1. The molecule has 4 rings (SSSR count). The molecule has 0 aliphatic heterocycles. The summed E-state index contributed by atoms with van der Waals surface area (Å²) in [4.78, 5) is 110. The number of likely N-dealkylation sites (N-methyl/N-ethyl adjacent to an activating group) is 1. The monoisotopic (exact) mass is 771 g/mol. The summed E-state index contributed by atoms with van der Waals surface area (Å²) in [7, 11) is 6.36. The van der Waals surface area contributed by atoms with Crippen molar-refractivity contribution in [3.63, 3.8) is 0 Å². The van der Waals surface area contributed by atoms with Crippen molar-refractivity contribution in [2.45, 2.75) is 83.3 Å². The number of nitrogens with zero attached hydrogens (tertiary/aromatic N) is 3. The van der Waals surface area contributed by atoms with E-state index in [0.29, 0.717) is 30.5 Å². The number of nitrogens with one attached hydrogen (secondary N) is 1. The Bertz CT molecular complexity index is 1730. The number of ether oxygens (including phenoxy) is 2. The number of carbonyl (C=O) groups excluding carboxylic acids is 8. The molecule has 0 aromatic heterocycles. The van der Waals surface area contributed by atoms with Crippen LogP contribution in [-0.2, 0) is 44.7 Å². The maximum absolute atomic E-state index is 14.3. The van der Waals surface area contributed by atoms with E-state index in [1.54, 1.807) is 19.0 Å². The molecule has 3 amide bonds. The SMILES string of the molecule is CCCCCCC(=O)OCOC(=O)N(CCCC)CC(=O)Nc1cc(N(C)C)c2c(c1O)C(=O)C1C(=O)[C@]3(O)C(=O)C(C(N)=O)C(=O)[C@@H](N(C)C)[C@@H]3C[C@@H]1C2. The molecule has 0 bridgehead atoms. The summed E-state index contributed by atoms with van der Waals surface area (Å²) in [5.41, 5.74) is 2.77. The quantitative estimate of drug-likeness (QED) is 0.0614. The molecule has 2 fully saturated rings. The minimum Gasteiger partial charge on any atom is -0.505 e. The Morgan fingerprint density at radius 2 is 1.64 bits per heavy atom. The number of phenols is 1. The lowest BCUT2D eigenvalue weighted by Gasteiger charge is -2.52. The summed E-state index contributed by atoms with van der Waals surface area (Å²) in [6.45, 7) is 2.89. The molecule has 2 unspecified atom stereocenters. The van der Waals surface area contributed by atoms with Crippen LogP contribution < -0.4 is 16.0 Å². The molecule has 5 N–H and O–H groups in total. The first-order chi connectivity index (χ1) is 25.9. The van der Waals surface area contributed by atoms with Crippen LogP contribution in [0.2, 0.25) is 0 Å². The highest BCUT2D eigenvalue weighted by Gasteiger charge is 2.69. The average molecular weight is 772 g/mol. The van der Waals surface area contributed by atoms with Crippen LogP contribution >= 0.6 is 0 Å². The minimum absolute atomic E-state index is 0.0289. The maximum atomic E-state index is 14.3. The standard InChI is InChI=1S/C38H53N5O12/c1-7-9-11-12-13-26(45)54-19-55-37(52)43(14-10-8-2)18-25(44)40-23-17-24(41(3)4)21-15-20-16-22-30(42(5)6)33(48)29(36(39)51)35(50)38(22,53)34(49)27(20)32(47)28(21)31(23)46/h17,20,22,27,29-30,46,53H,7-16,18-19H2,1-6H3,(H2,39,51)(H,40,44)/t20-,22-,27?,29?,30-,38-/m0/s1. The Morgan fingerprint density at radius 3 is 2.24 bits per heavy atom. The molecule has 3 aliphatic carbocycles. The van der Waals surface area contributed by atoms with E-state index in [1.165, 1.54) is 25.1 Å². The van der Waals surface area contributed by atoms with Crippen LogP contribution in [-0.4, -0.2) is 127 Å². The zero-order valence-electron chi connectivity index (χ0n) is 32.3. The van der Waals surface area contributed by atoms with E-state index in [1.807, 2.05) is 13.8 Å². The molecule has 17 heteroatoms. The summed E-state index contributed by atoms with van der Waals surface area (Å²) in [6.07, 6.45) is 3.90. The van der Waals surface area contributed by atoms with Gasteiger partial charge >= 0.3 is 12.1 Å². The van der Waals surface area contributed by atoms with Crippen LogP contribution in [0.1, 0.15) is 81.1 Å². The smallest absolute Gasteiger partial charge is 0.413 e. The number of nitrogens with two attached hydrogens (primary N) is 1. The minimum atomic E-state index is -2.88. The molecule has 0 saturated heterocycles. The third kappa shape index (κ3) is 8.52. The second kappa shape index (κ2) is 17.7. The van der Waals surface area contributed by atoms with Crippen LogP contribution in [0.15, 0.2) is 6.07 Å². The van der Waals surface area contributed by atoms with E-state index in [9.17, 15) is 48.6 Å². The third-order valence-corrected chi connectivity index (χ3v) is 10.8. The van der Waals surface area contributed by atoms with Crippen molar-refractivity contribution in [3.05, 3.63) is 17.2 Å². The van der Waals surface area contributed by atoms with Crippen molar-refractivity contribution in [1.82, 2.24) is 9.80 Å².